The molecule has 0 saturated heterocycles. The first-order valence-electron chi connectivity index (χ1n) is 32.0. The molecule has 0 bridgehead atoms. The molecule has 13 aromatic rings. The van der Waals surface area contributed by atoms with Crippen LogP contribution in [0.25, 0.3) is 99.8 Å². The highest BCUT2D eigenvalue weighted by Gasteiger charge is 2.22. The molecule has 6 heteroatoms. The Morgan fingerprint density at radius 1 is 0.507 bits per heavy atom. The van der Waals surface area contributed by atoms with Crippen LogP contribution < -0.4 is 9.30 Å². The summed E-state index contributed by atoms with van der Waals surface area (Å²) in [6.45, 7) is 6.44. The van der Waals surface area contributed by atoms with Gasteiger partial charge in [-0.3, -0.25) is 13.7 Å². The number of hydrogen-bond donors (Lipinski definition) is 0. The molecule has 1 atom stereocenters. The van der Waals surface area contributed by atoms with Gasteiger partial charge in [0.25, 0.3) is 6.33 Å². The molecule has 340 valence electrons. The number of rotatable bonds is 10. The molecule has 0 fully saturated rings. The SMILES string of the molecule is [2H]c1c([2H])c([2H])c(-c2cccc(-c3c([2H])c([2H])c([2H])c([2H])c3[2H])c2-[n+]2[c-]n(-c3cccc(Oc4ccc5c6cc(-n7c8c([2H])c([2H])c([2H])c([2H])c8c8c([2H])c([2H])c([2H])c([2H])c87)ccc6n(-c6cc(C(C)C(C)C)ccn6)c5c4)c3)c3ccccc32)c([2H])c1[2H]. The molecule has 0 spiro atoms. The maximum absolute atomic E-state index is 9.17. The third-order valence-corrected chi connectivity index (χ3v) is 13.2. The van der Waals surface area contributed by atoms with Gasteiger partial charge in [0.1, 0.15) is 17.3 Å². The molecule has 13 rings (SSSR count). The number of pyridine rings is 1. The summed E-state index contributed by atoms with van der Waals surface area (Å²) in [6.07, 6.45) is 5.18. The molecule has 0 radical (unpaired) electrons. The van der Waals surface area contributed by atoms with Gasteiger partial charge in [-0.05, 0) is 112 Å². The van der Waals surface area contributed by atoms with Crippen LogP contribution in [0.15, 0.2) is 230 Å². The Labute approximate surface area is 437 Å². The Morgan fingerprint density at radius 3 is 1.89 bits per heavy atom. The first-order valence-corrected chi connectivity index (χ1v) is 23.0. The second-order valence-corrected chi connectivity index (χ2v) is 17.5. The molecule has 4 heterocycles. The average Bonchev–Trinajstić information content (AvgIpc) is 1.59. The van der Waals surface area contributed by atoms with Crippen LogP contribution in [0, 0.1) is 12.2 Å². The number of fused-ring (bicyclic) bond motifs is 7. The van der Waals surface area contributed by atoms with Crippen molar-refractivity contribution in [1.29, 1.82) is 0 Å². The standard InChI is InChI=1S/C65H49N5O/c1-43(2)44(3)47-36-37-66-64(38-47)70-60-35-32-49(69-58-28-12-10-24-54(58)55-25-11-13-29-59(55)69)40-57(60)56-34-33-51(41-63(56)70)71-50-23-16-22-48(39-50)67-42-68(62-31-15-14-30-61(62)67)65-52(45-18-6-4-7-19-45)26-17-27-53(65)46-20-8-5-9-21-46/h4-41,43-44H,1-3H3/i4D,5D,6D,7D,8D,9D,10D,11D,12D,13D,18D,19D,20D,21D,24D,25D,28D,29D. The van der Waals surface area contributed by atoms with Crippen LogP contribution >= 0.6 is 0 Å². The van der Waals surface area contributed by atoms with Crippen LogP contribution in [-0.2, 0) is 0 Å². The minimum atomic E-state index is -0.607. The van der Waals surface area contributed by atoms with Gasteiger partial charge in [-0.25, -0.2) is 4.98 Å². The lowest BCUT2D eigenvalue weighted by molar-refractivity contribution is -0.571. The van der Waals surface area contributed by atoms with Crippen molar-refractivity contribution >= 4 is 54.6 Å². The smallest absolute Gasteiger partial charge is 0.269 e. The Hall–Kier alpha value is -9.00. The van der Waals surface area contributed by atoms with Crippen molar-refractivity contribution in [1.82, 2.24) is 18.7 Å². The van der Waals surface area contributed by atoms with Gasteiger partial charge >= 0.3 is 0 Å². The topological polar surface area (TPSA) is 40.8 Å². The van der Waals surface area contributed by atoms with Gasteiger partial charge in [0.2, 0.25) is 0 Å². The molecular weight excluding hydrogens is 867 g/mol. The number of nitrogens with zero attached hydrogens (tertiary/aromatic N) is 5. The molecule has 9 aromatic carbocycles. The van der Waals surface area contributed by atoms with Gasteiger partial charge in [-0.1, -0.05) is 166 Å². The maximum Gasteiger partial charge on any atom is 0.269 e. The van der Waals surface area contributed by atoms with Crippen molar-refractivity contribution in [2.75, 3.05) is 0 Å². The van der Waals surface area contributed by atoms with Gasteiger partial charge in [0, 0.05) is 39.5 Å². The Bertz CT molecular complexity index is 5020. The van der Waals surface area contributed by atoms with Gasteiger partial charge in [-0.2, -0.15) is 0 Å². The zero-order chi connectivity index (χ0) is 63.2. The quantitative estimate of drug-likeness (QED) is 0.101. The molecule has 0 aliphatic rings. The Kier molecular flexibility index (Phi) is 6.60. The third kappa shape index (κ3) is 7.18. The van der Waals surface area contributed by atoms with Crippen molar-refractivity contribution in [3.05, 3.63) is 242 Å². The summed E-state index contributed by atoms with van der Waals surface area (Å²) in [5.41, 5.74) is 4.32. The highest BCUT2D eigenvalue weighted by atomic mass is 16.5. The molecule has 0 N–H and O–H groups in total. The van der Waals surface area contributed by atoms with E-state index >= 15 is 0 Å². The number of ether oxygens (including phenoxy) is 1. The zero-order valence-electron chi connectivity index (χ0n) is 56.3. The van der Waals surface area contributed by atoms with E-state index in [1.54, 1.807) is 76.0 Å². The van der Waals surface area contributed by atoms with E-state index in [1.165, 1.54) is 4.57 Å². The van der Waals surface area contributed by atoms with E-state index in [4.69, 9.17) is 34.4 Å². The van der Waals surface area contributed by atoms with Crippen molar-refractivity contribution in [3.8, 4) is 56.6 Å². The zero-order valence-corrected chi connectivity index (χ0v) is 38.3. The summed E-state index contributed by atoms with van der Waals surface area (Å²) in [7, 11) is 0. The predicted molar refractivity (Wildman–Crippen MR) is 291 cm³/mol. The lowest BCUT2D eigenvalue weighted by Gasteiger charge is -2.17. The van der Waals surface area contributed by atoms with E-state index in [0.717, 1.165) is 10.9 Å². The first-order chi connectivity index (χ1) is 42.4. The van der Waals surface area contributed by atoms with Crippen molar-refractivity contribution in [2.24, 2.45) is 5.92 Å². The van der Waals surface area contributed by atoms with Gasteiger partial charge < -0.3 is 9.30 Å². The van der Waals surface area contributed by atoms with Crippen LogP contribution in [0.5, 0.6) is 11.5 Å². The fraction of sp³-hybridized carbons (Fsp3) is 0.0769. The first kappa shape index (κ1) is 27.3. The number of para-hydroxylation sites is 5. The number of hydrogen-bond acceptors (Lipinski definition) is 2. The second kappa shape index (κ2) is 17.2. The van der Waals surface area contributed by atoms with Gasteiger partial charge in [-0.15, -0.1) is 0 Å². The Morgan fingerprint density at radius 2 is 1.17 bits per heavy atom. The number of imidazole rings is 1. The van der Waals surface area contributed by atoms with E-state index in [1.807, 2.05) is 59.2 Å². The van der Waals surface area contributed by atoms with Crippen LogP contribution in [-0.4, -0.2) is 18.7 Å². The van der Waals surface area contributed by atoms with Crippen LogP contribution in [0.4, 0.5) is 0 Å². The summed E-state index contributed by atoms with van der Waals surface area (Å²) in [5.74, 6) is 1.84. The molecule has 0 aliphatic heterocycles. The van der Waals surface area contributed by atoms with E-state index in [-0.39, 0.29) is 55.7 Å². The number of benzene rings is 9. The summed E-state index contributed by atoms with van der Waals surface area (Å²) >= 11 is 0. The fourth-order valence-corrected chi connectivity index (χ4v) is 9.54. The lowest BCUT2D eigenvalue weighted by Crippen LogP contribution is -2.31. The summed E-state index contributed by atoms with van der Waals surface area (Å²) in [5, 5.41) is 1.33. The molecule has 6 nitrogen and oxygen atoms in total. The van der Waals surface area contributed by atoms with Crippen LogP contribution in [0.1, 0.15) is 56.9 Å². The van der Waals surface area contributed by atoms with E-state index in [2.05, 4.69) is 27.1 Å². The van der Waals surface area contributed by atoms with E-state index in [0.29, 0.717) is 62.1 Å². The third-order valence-electron chi connectivity index (χ3n) is 13.2. The maximum atomic E-state index is 9.17. The second-order valence-electron chi connectivity index (χ2n) is 17.5. The highest BCUT2D eigenvalue weighted by molar-refractivity contribution is 6.12. The molecule has 0 amide bonds. The summed E-state index contributed by atoms with van der Waals surface area (Å²) in [4.78, 5) is 4.90. The summed E-state index contributed by atoms with van der Waals surface area (Å²) in [6, 6.07) is 24.6. The summed E-state index contributed by atoms with van der Waals surface area (Å²) < 4.78 is 172. The van der Waals surface area contributed by atoms with Gasteiger partial charge in [0.05, 0.1) is 69.1 Å². The predicted octanol–water partition coefficient (Wildman–Crippen LogP) is 16.2. The fourth-order valence-electron chi connectivity index (χ4n) is 9.54. The normalized spacial score (nSPS) is 15.8. The molecule has 0 saturated carbocycles. The van der Waals surface area contributed by atoms with E-state index in [9.17, 15) is 0 Å². The number of aromatic nitrogens is 5. The average molecular weight is 934 g/mol. The highest BCUT2D eigenvalue weighted by Crippen LogP contribution is 2.40. The molecule has 71 heavy (non-hydrogen) atoms. The monoisotopic (exact) mass is 934 g/mol. The van der Waals surface area contributed by atoms with Crippen molar-refractivity contribution in [3.63, 3.8) is 0 Å². The lowest BCUT2D eigenvalue weighted by atomic mass is 9.91. The minimum Gasteiger partial charge on any atom is -0.458 e. The Balaban J connectivity index is 0.988. The van der Waals surface area contributed by atoms with Gasteiger partial charge in [0.15, 0.2) is 0 Å². The van der Waals surface area contributed by atoms with Crippen LogP contribution in [0.2, 0.25) is 0 Å². The van der Waals surface area contributed by atoms with Crippen LogP contribution in [0.3, 0.4) is 0 Å². The van der Waals surface area contributed by atoms with E-state index < -0.39 is 109 Å². The molecule has 4 aromatic heterocycles. The van der Waals surface area contributed by atoms with Crippen molar-refractivity contribution in [2.45, 2.75) is 26.7 Å². The molecule has 1 unspecified atom stereocenters. The largest absolute Gasteiger partial charge is 0.458 e. The molecular formula is C65H49N5O. The molecule has 0 aliphatic carbocycles. The van der Waals surface area contributed by atoms with Crippen molar-refractivity contribution < 1.29 is 34.0 Å². The minimum absolute atomic E-state index is 0.00681.